The van der Waals surface area contributed by atoms with Crippen LogP contribution in [0.15, 0.2) is 23.1 Å². The zero-order chi connectivity index (χ0) is 14.3. The maximum absolute atomic E-state index is 12.6. The molecule has 0 radical (unpaired) electrons. The van der Waals surface area contributed by atoms with Gasteiger partial charge >= 0.3 is 0 Å². The van der Waals surface area contributed by atoms with Gasteiger partial charge in [0.2, 0.25) is 10.0 Å². The molecular weight excluding hydrogens is 264 g/mol. The summed E-state index contributed by atoms with van der Waals surface area (Å²) in [7, 11) is -3.50. The Kier molecular flexibility index (Phi) is 3.59. The average molecular weight is 284 g/mol. The first-order valence-corrected chi connectivity index (χ1v) is 7.66. The summed E-state index contributed by atoms with van der Waals surface area (Å²) in [5.41, 5.74) is 6.58. The van der Waals surface area contributed by atoms with E-state index in [-0.39, 0.29) is 4.90 Å². The van der Waals surface area contributed by atoms with Crippen molar-refractivity contribution in [2.24, 2.45) is 0 Å². The van der Waals surface area contributed by atoms with Gasteiger partial charge in [-0.05, 0) is 44.5 Å². The molecule has 0 aromatic heterocycles. The molecule has 2 N–H and O–H groups in total. The van der Waals surface area contributed by atoms with Crippen molar-refractivity contribution in [1.29, 1.82) is 0 Å². The Labute approximate surface area is 114 Å². The normalized spacial score (nSPS) is 20.4. The number of nitrogen functional groups attached to an aromatic ring is 1. The number of anilines is 1. The van der Waals surface area contributed by atoms with Crippen LogP contribution in [0.25, 0.3) is 0 Å². The number of benzene rings is 1. The molecule has 0 aliphatic carbocycles. The summed E-state index contributed by atoms with van der Waals surface area (Å²) in [6.07, 6.45) is 0. The van der Waals surface area contributed by atoms with Crippen molar-refractivity contribution in [2.45, 2.75) is 31.3 Å². The minimum absolute atomic E-state index is 0.253. The summed E-state index contributed by atoms with van der Waals surface area (Å²) >= 11 is 0. The molecule has 106 valence electrons. The lowest BCUT2D eigenvalue weighted by atomic mass is 10.1. The van der Waals surface area contributed by atoms with Crippen molar-refractivity contribution in [3.8, 4) is 0 Å². The summed E-state index contributed by atoms with van der Waals surface area (Å²) < 4.78 is 32.2. The zero-order valence-corrected chi connectivity index (χ0v) is 12.3. The molecule has 6 heteroatoms. The van der Waals surface area contributed by atoms with Crippen LogP contribution in [0.1, 0.15) is 19.4 Å². The van der Waals surface area contributed by atoms with E-state index in [2.05, 4.69) is 0 Å². The number of morpholine rings is 1. The highest BCUT2D eigenvalue weighted by Crippen LogP contribution is 2.25. The van der Waals surface area contributed by atoms with Gasteiger partial charge in [-0.25, -0.2) is 8.42 Å². The minimum atomic E-state index is -3.50. The summed E-state index contributed by atoms with van der Waals surface area (Å²) in [5, 5.41) is 0. The molecule has 1 aromatic carbocycles. The molecule has 19 heavy (non-hydrogen) atoms. The lowest BCUT2D eigenvalue weighted by molar-refractivity contribution is -0.0640. The molecule has 1 fully saturated rings. The quantitative estimate of drug-likeness (QED) is 0.833. The van der Waals surface area contributed by atoms with E-state index in [1.807, 2.05) is 20.8 Å². The van der Waals surface area contributed by atoms with Crippen molar-refractivity contribution in [3.05, 3.63) is 23.8 Å². The zero-order valence-electron chi connectivity index (χ0n) is 11.5. The monoisotopic (exact) mass is 284 g/mol. The third-order valence-corrected chi connectivity index (χ3v) is 4.92. The number of aryl methyl sites for hydroxylation is 1. The first kappa shape index (κ1) is 14.3. The van der Waals surface area contributed by atoms with Gasteiger partial charge < -0.3 is 10.5 Å². The van der Waals surface area contributed by atoms with Crippen LogP contribution in [-0.4, -0.2) is 38.0 Å². The SMILES string of the molecule is Cc1cc(N)cc(S(=O)(=O)N2CCOC(C)(C)C2)c1. The standard InChI is InChI=1S/C13H20N2O3S/c1-10-6-11(14)8-12(7-10)19(16,17)15-4-5-18-13(2,3)9-15/h6-8H,4-5,9,14H2,1-3H3. The van der Waals surface area contributed by atoms with Gasteiger partial charge in [-0.15, -0.1) is 0 Å². The van der Waals surface area contributed by atoms with E-state index in [4.69, 9.17) is 10.5 Å². The number of nitrogens with two attached hydrogens (primary N) is 1. The Bertz CT molecular complexity index is 561. The van der Waals surface area contributed by atoms with Gasteiger partial charge in [0.25, 0.3) is 0 Å². The van der Waals surface area contributed by atoms with Gasteiger partial charge in [0.05, 0.1) is 17.1 Å². The number of hydrogen-bond donors (Lipinski definition) is 1. The average Bonchev–Trinajstić information content (AvgIpc) is 2.26. The van der Waals surface area contributed by atoms with Crippen LogP contribution in [0.2, 0.25) is 0 Å². The summed E-state index contributed by atoms with van der Waals surface area (Å²) in [6.45, 7) is 6.74. The van der Waals surface area contributed by atoms with E-state index < -0.39 is 15.6 Å². The van der Waals surface area contributed by atoms with E-state index in [9.17, 15) is 8.42 Å². The maximum Gasteiger partial charge on any atom is 0.243 e. The van der Waals surface area contributed by atoms with Crippen LogP contribution in [0.3, 0.4) is 0 Å². The predicted molar refractivity (Wildman–Crippen MR) is 74.4 cm³/mol. The van der Waals surface area contributed by atoms with Crippen LogP contribution < -0.4 is 5.73 Å². The van der Waals surface area contributed by atoms with Crippen molar-refractivity contribution in [2.75, 3.05) is 25.4 Å². The first-order valence-electron chi connectivity index (χ1n) is 6.22. The minimum Gasteiger partial charge on any atom is -0.399 e. The molecule has 0 atom stereocenters. The van der Waals surface area contributed by atoms with Crippen LogP contribution >= 0.6 is 0 Å². The first-order chi connectivity index (χ1) is 8.71. The Morgan fingerprint density at radius 2 is 2.00 bits per heavy atom. The Morgan fingerprint density at radius 1 is 1.32 bits per heavy atom. The Balaban J connectivity index is 2.36. The fourth-order valence-corrected chi connectivity index (χ4v) is 3.97. The van der Waals surface area contributed by atoms with E-state index in [0.717, 1.165) is 5.56 Å². The van der Waals surface area contributed by atoms with Crippen molar-refractivity contribution < 1.29 is 13.2 Å². The third kappa shape index (κ3) is 3.08. The molecule has 0 spiro atoms. The lowest BCUT2D eigenvalue weighted by Gasteiger charge is -2.37. The predicted octanol–water partition coefficient (Wildman–Crippen LogP) is 1.38. The largest absolute Gasteiger partial charge is 0.399 e. The summed E-state index contributed by atoms with van der Waals surface area (Å²) in [5.74, 6) is 0. The second kappa shape index (κ2) is 4.77. The van der Waals surface area contributed by atoms with Crippen LogP contribution in [0.4, 0.5) is 5.69 Å². The lowest BCUT2D eigenvalue weighted by Crippen LogP contribution is -2.50. The number of ether oxygens (including phenoxy) is 1. The number of rotatable bonds is 2. The molecule has 2 rings (SSSR count). The van der Waals surface area contributed by atoms with Crippen LogP contribution in [0.5, 0.6) is 0 Å². The van der Waals surface area contributed by atoms with E-state index in [0.29, 0.717) is 25.4 Å². The molecule has 1 aromatic rings. The van der Waals surface area contributed by atoms with Crippen molar-refractivity contribution in [3.63, 3.8) is 0 Å². The third-order valence-electron chi connectivity index (χ3n) is 3.10. The molecular formula is C13H20N2O3S. The highest BCUT2D eigenvalue weighted by Gasteiger charge is 2.34. The second-order valence-electron chi connectivity index (χ2n) is 5.53. The van der Waals surface area contributed by atoms with Gasteiger partial charge in [-0.3, -0.25) is 0 Å². The van der Waals surface area contributed by atoms with Crippen LogP contribution in [-0.2, 0) is 14.8 Å². The van der Waals surface area contributed by atoms with E-state index in [1.54, 1.807) is 12.1 Å². The van der Waals surface area contributed by atoms with Gasteiger partial charge in [-0.2, -0.15) is 4.31 Å². The van der Waals surface area contributed by atoms with E-state index in [1.165, 1.54) is 10.4 Å². The molecule has 0 saturated carbocycles. The second-order valence-corrected chi connectivity index (χ2v) is 7.46. The fourth-order valence-electron chi connectivity index (χ4n) is 2.25. The topological polar surface area (TPSA) is 72.6 Å². The molecule has 0 bridgehead atoms. The molecule has 1 aliphatic heterocycles. The van der Waals surface area contributed by atoms with Crippen LogP contribution in [0, 0.1) is 6.92 Å². The van der Waals surface area contributed by atoms with Gasteiger partial charge in [0.15, 0.2) is 0 Å². The van der Waals surface area contributed by atoms with Gasteiger partial charge in [0.1, 0.15) is 0 Å². The highest BCUT2D eigenvalue weighted by molar-refractivity contribution is 7.89. The number of nitrogens with zero attached hydrogens (tertiary/aromatic N) is 1. The van der Waals surface area contributed by atoms with Crippen molar-refractivity contribution in [1.82, 2.24) is 4.31 Å². The van der Waals surface area contributed by atoms with E-state index >= 15 is 0 Å². The highest BCUT2D eigenvalue weighted by atomic mass is 32.2. The van der Waals surface area contributed by atoms with Gasteiger partial charge in [-0.1, -0.05) is 0 Å². The summed E-state index contributed by atoms with van der Waals surface area (Å²) in [6, 6.07) is 4.90. The molecule has 0 amide bonds. The summed E-state index contributed by atoms with van der Waals surface area (Å²) in [4.78, 5) is 0.253. The molecule has 1 saturated heterocycles. The number of sulfonamides is 1. The fraction of sp³-hybridized carbons (Fsp3) is 0.538. The molecule has 0 unspecified atom stereocenters. The Morgan fingerprint density at radius 3 is 2.58 bits per heavy atom. The Hall–Kier alpha value is -1.11. The van der Waals surface area contributed by atoms with Crippen molar-refractivity contribution >= 4 is 15.7 Å². The maximum atomic E-state index is 12.6. The molecule has 5 nitrogen and oxygen atoms in total. The molecule has 1 aliphatic rings. The number of hydrogen-bond acceptors (Lipinski definition) is 4. The van der Waals surface area contributed by atoms with Gasteiger partial charge in [0, 0.05) is 18.8 Å². The smallest absolute Gasteiger partial charge is 0.243 e. The molecule has 1 heterocycles.